The number of benzene rings is 2. The molecule has 3 nitrogen and oxygen atoms in total. The molecule has 0 saturated carbocycles. The first-order valence-corrected chi connectivity index (χ1v) is 8.33. The van der Waals surface area contributed by atoms with E-state index in [2.05, 4.69) is 11.8 Å². The molecule has 4 heteroatoms. The predicted octanol–water partition coefficient (Wildman–Crippen LogP) is 4.05. The molecule has 23 heavy (non-hydrogen) atoms. The summed E-state index contributed by atoms with van der Waals surface area (Å²) in [6.07, 6.45) is 0. The van der Waals surface area contributed by atoms with Crippen molar-refractivity contribution >= 4 is 28.8 Å². The van der Waals surface area contributed by atoms with Gasteiger partial charge in [0.2, 0.25) is 0 Å². The van der Waals surface area contributed by atoms with Gasteiger partial charge in [0.05, 0.1) is 0 Å². The monoisotopic (exact) mass is 330 g/mol. The molecule has 2 aromatic rings. The summed E-state index contributed by atoms with van der Waals surface area (Å²) in [6.45, 7) is 3.79. The molecule has 0 bridgehead atoms. The van der Waals surface area contributed by atoms with Crippen molar-refractivity contribution < 1.29 is 4.79 Å². The molecule has 0 spiro atoms. The molecule has 2 rings (SSSR count). The van der Waals surface area contributed by atoms with Gasteiger partial charge in [-0.2, -0.15) is 0 Å². The van der Waals surface area contributed by atoms with Crippen molar-refractivity contribution in [1.29, 1.82) is 0 Å². The van der Waals surface area contributed by atoms with Crippen molar-refractivity contribution in [3.05, 3.63) is 59.7 Å². The van der Waals surface area contributed by atoms with Gasteiger partial charge in [-0.05, 0) is 55.5 Å². The number of alkyl halides is 1. The summed E-state index contributed by atoms with van der Waals surface area (Å²) >= 11 is 5.82. The fourth-order valence-electron chi connectivity index (χ4n) is 2.47. The highest BCUT2D eigenvalue weighted by Crippen LogP contribution is 2.19. The zero-order valence-electron chi connectivity index (χ0n) is 13.9. The Hall–Kier alpha value is -2.00. The number of rotatable bonds is 7. The molecule has 0 atom stereocenters. The van der Waals surface area contributed by atoms with Gasteiger partial charge in [0.15, 0.2) is 5.78 Å². The highest BCUT2D eigenvalue weighted by atomic mass is 35.5. The average molecular weight is 331 g/mol. The van der Waals surface area contributed by atoms with E-state index in [4.69, 9.17) is 11.6 Å². The van der Waals surface area contributed by atoms with Crippen LogP contribution >= 0.6 is 11.6 Å². The van der Waals surface area contributed by atoms with Gasteiger partial charge in [0.25, 0.3) is 0 Å². The first-order valence-electron chi connectivity index (χ1n) is 7.80. The van der Waals surface area contributed by atoms with Crippen molar-refractivity contribution in [2.24, 2.45) is 0 Å². The van der Waals surface area contributed by atoms with Crippen molar-refractivity contribution in [3.8, 4) is 0 Å². The highest BCUT2D eigenvalue weighted by molar-refractivity contribution is 6.18. The summed E-state index contributed by atoms with van der Waals surface area (Å²) in [5, 5.41) is 0. The van der Waals surface area contributed by atoms with E-state index in [1.165, 1.54) is 0 Å². The second kappa shape index (κ2) is 8.02. The molecule has 122 valence electrons. The van der Waals surface area contributed by atoms with Crippen LogP contribution in [0.25, 0.3) is 0 Å². The van der Waals surface area contributed by atoms with Gasteiger partial charge in [-0.3, -0.25) is 4.79 Å². The molecule has 0 aromatic heterocycles. The molecule has 0 fully saturated rings. The molecule has 0 aliphatic rings. The normalized spacial score (nSPS) is 10.4. The molecule has 0 aliphatic carbocycles. The number of carbonyl (C=O) groups excluding carboxylic acids is 1. The van der Waals surface area contributed by atoms with Crippen LogP contribution in [0.3, 0.4) is 0 Å². The van der Waals surface area contributed by atoms with Gasteiger partial charge in [-0.1, -0.05) is 0 Å². The first kappa shape index (κ1) is 17.4. The molecular weight excluding hydrogens is 308 g/mol. The number of carbonyl (C=O) groups is 1. The molecular formula is C19H23ClN2O. The fourth-order valence-corrected chi connectivity index (χ4v) is 2.68. The quantitative estimate of drug-likeness (QED) is 0.565. The minimum Gasteiger partial charge on any atom is -0.378 e. The third-order valence-electron chi connectivity index (χ3n) is 3.88. The van der Waals surface area contributed by atoms with E-state index in [0.717, 1.165) is 24.5 Å². The third kappa shape index (κ3) is 4.26. The SMILES string of the molecule is CCN(CCCl)c1ccc(C(=O)c2ccc(N(C)C)cc2)cc1. The maximum atomic E-state index is 12.6. The Morgan fingerprint density at radius 3 is 1.78 bits per heavy atom. The van der Waals surface area contributed by atoms with E-state index in [0.29, 0.717) is 17.0 Å². The largest absolute Gasteiger partial charge is 0.378 e. The topological polar surface area (TPSA) is 23.6 Å². The van der Waals surface area contributed by atoms with Crippen LogP contribution in [0.2, 0.25) is 0 Å². The van der Waals surface area contributed by atoms with Crippen LogP contribution in [-0.4, -0.2) is 38.8 Å². The fraction of sp³-hybridized carbons (Fsp3) is 0.316. The lowest BCUT2D eigenvalue weighted by atomic mass is 10.0. The van der Waals surface area contributed by atoms with Crippen LogP contribution in [0.1, 0.15) is 22.8 Å². The van der Waals surface area contributed by atoms with Crippen molar-refractivity contribution in [2.75, 3.05) is 42.9 Å². The van der Waals surface area contributed by atoms with Crippen LogP contribution < -0.4 is 9.80 Å². The maximum absolute atomic E-state index is 12.6. The molecule has 0 N–H and O–H groups in total. The molecule has 0 saturated heterocycles. The number of hydrogen-bond donors (Lipinski definition) is 0. The summed E-state index contributed by atoms with van der Waals surface area (Å²) in [5.41, 5.74) is 3.58. The second-order valence-corrected chi connectivity index (χ2v) is 5.96. The number of halogens is 1. The van der Waals surface area contributed by atoms with E-state index in [9.17, 15) is 4.79 Å². The lowest BCUT2D eigenvalue weighted by Gasteiger charge is -2.22. The molecule has 0 amide bonds. The van der Waals surface area contributed by atoms with Gasteiger partial charge >= 0.3 is 0 Å². The number of nitrogens with zero attached hydrogens (tertiary/aromatic N) is 2. The molecule has 2 aromatic carbocycles. The number of anilines is 2. The van der Waals surface area contributed by atoms with Crippen molar-refractivity contribution in [3.63, 3.8) is 0 Å². The van der Waals surface area contributed by atoms with Gasteiger partial charge in [0.1, 0.15) is 0 Å². The van der Waals surface area contributed by atoms with Gasteiger partial charge in [0, 0.05) is 55.6 Å². The molecule has 0 heterocycles. The maximum Gasteiger partial charge on any atom is 0.193 e. The first-order chi connectivity index (χ1) is 11.1. The Morgan fingerprint density at radius 1 is 0.913 bits per heavy atom. The zero-order chi connectivity index (χ0) is 16.8. The molecule has 0 radical (unpaired) electrons. The molecule has 0 unspecified atom stereocenters. The predicted molar refractivity (Wildman–Crippen MR) is 99.3 cm³/mol. The third-order valence-corrected chi connectivity index (χ3v) is 4.05. The zero-order valence-corrected chi connectivity index (χ0v) is 14.7. The Kier molecular flexibility index (Phi) is 6.05. The molecule has 0 aliphatic heterocycles. The average Bonchev–Trinajstić information content (AvgIpc) is 2.59. The van der Waals surface area contributed by atoms with E-state index in [1.54, 1.807) is 0 Å². The lowest BCUT2D eigenvalue weighted by molar-refractivity contribution is 0.103. The van der Waals surface area contributed by atoms with Crippen LogP contribution in [0.15, 0.2) is 48.5 Å². The minimum absolute atomic E-state index is 0.0437. The van der Waals surface area contributed by atoms with Gasteiger partial charge in [-0.15, -0.1) is 11.6 Å². The summed E-state index contributed by atoms with van der Waals surface area (Å²) in [5.74, 6) is 0.634. The Morgan fingerprint density at radius 2 is 1.39 bits per heavy atom. The Balaban J connectivity index is 2.16. The van der Waals surface area contributed by atoms with Crippen molar-refractivity contribution in [1.82, 2.24) is 0 Å². The smallest absolute Gasteiger partial charge is 0.193 e. The lowest BCUT2D eigenvalue weighted by Crippen LogP contribution is -2.24. The van der Waals surface area contributed by atoms with E-state index in [-0.39, 0.29) is 5.78 Å². The summed E-state index contributed by atoms with van der Waals surface area (Å²) < 4.78 is 0. The second-order valence-electron chi connectivity index (χ2n) is 5.59. The highest BCUT2D eigenvalue weighted by Gasteiger charge is 2.10. The van der Waals surface area contributed by atoms with Crippen molar-refractivity contribution in [2.45, 2.75) is 6.92 Å². The summed E-state index contributed by atoms with van der Waals surface area (Å²) in [7, 11) is 3.96. The summed E-state index contributed by atoms with van der Waals surface area (Å²) in [4.78, 5) is 16.8. The minimum atomic E-state index is 0.0437. The van der Waals surface area contributed by atoms with E-state index < -0.39 is 0 Å². The van der Waals surface area contributed by atoms with Gasteiger partial charge in [-0.25, -0.2) is 0 Å². The van der Waals surface area contributed by atoms with Crippen LogP contribution in [-0.2, 0) is 0 Å². The Labute approximate surface area is 143 Å². The van der Waals surface area contributed by atoms with Crippen LogP contribution in [0.5, 0.6) is 0 Å². The van der Waals surface area contributed by atoms with E-state index >= 15 is 0 Å². The standard InChI is InChI=1S/C19H23ClN2O/c1-4-22(14-13-20)18-11-7-16(8-12-18)19(23)15-5-9-17(10-6-15)21(2)3/h5-12H,4,13-14H2,1-3H3. The van der Waals surface area contributed by atoms with Gasteiger partial charge < -0.3 is 9.80 Å². The number of hydrogen-bond acceptors (Lipinski definition) is 3. The summed E-state index contributed by atoms with van der Waals surface area (Å²) in [6, 6.07) is 15.4. The van der Waals surface area contributed by atoms with Crippen LogP contribution in [0.4, 0.5) is 11.4 Å². The number of ketones is 1. The van der Waals surface area contributed by atoms with Crippen LogP contribution in [0, 0.1) is 0 Å². The van der Waals surface area contributed by atoms with E-state index in [1.807, 2.05) is 67.5 Å². The Bertz CT molecular complexity index is 635.